The first kappa shape index (κ1) is 25.3. The van der Waals surface area contributed by atoms with Crippen molar-refractivity contribution in [2.24, 2.45) is 0 Å². The van der Waals surface area contributed by atoms with Crippen molar-refractivity contribution in [3.05, 3.63) is 45.0 Å². The zero-order chi connectivity index (χ0) is 26.9. The van der Waals surface area contributed by atoms with Crippen molar-refractivity contribution < 1.29 is 23.7 Å². The molecule has 2 aromatic carbocycles. The molecule has 38 heavy (non-hydrogen) atoms. The summed E-state index contributed by atoms with van der Waals surface area (Å²) >= 11 is 0. The Balaban J connectivity index is 1.60. The molecule has 1 unspecified atom stereocenters. The highest BCUT2D eigenvalue weighted by Gasteiger charge is 2.56. The van der Waals surface area contributed by atoms with Crippen molar-refractivity contribution >= 4 is 0 Å². The van der Waals surface area contributed by atoms with Crippen molar-refractivity contribution in [3.63, 3.8) is 0 Å². The number of ether oxygens (including phenoxy) is 5. The molecule has 0 aromatic heterocycles. The van der Waals surface area contributed by atoms with Crippen LogP contribution in [0.25, 0.3) is 0 Å². The van der Waals surface area contributed by atoms with Crippen LogP contribution in [0.15, 0.2) is 6.07 Å². The first-order valence-electron chi connectivity index (χ1n) is 13.5. The maximum atomic E-state index is 10.6. The van der Waals surface area contributed by atoms with Gasteiger partial charge in [-0.1, -0.05) is 13.0 Å². The number of likely N-dealkylation sites (N-methyl/N-ethyl adjacent to an activating group) is 1. The summed E-state index contributed by atoms with van der Waals surface area (Å²) in [6.45, 7) is 8.98. The molecule has 6 rings (SSSR count). The molecule has 0 spiro atoms. The van der Waals surface area contributed by atoms with E-state index >= 15 is 0 Å². The second-order valence-corrected chi connectivity index (χ2v) is 11.0. The molecular formula is C30H37N3O5. The number of rotatable bonds is 5. The molecule has 202 valence electrons. The molecule has 0 N–H and O–H groups in total. The Morgan fingerprint density at radius 1 is 1.03 bits per heavy atom. The van der Waals surface area contributed by atoms with Crippen molar-refractivity contribution in [2.45, 2.75) is 77.2 Å². The van der Waals surface area contributed by atoms with E-state index in [2.05, 4.69) is 56.7 Å². The first-order chi connectivity index (χ1) is 18.4. The molecule has 5 atom stereocenters. The smallest absolute Gasteiger partial charge is 0.231 e. The number of nitriles is 1. The van der Waals surface area contributed by atoms with E-state index in [0.717, 1.165) is 59.0 Å². The lowest BCUT2D eigenvalue weighted by Gasteiger charge is -2.60. The van der Waals surface area contributed by atoms with Gasteiger partial charge >= 0.3 is 0 Å². The molecule has 1 saturated heterocycles. The standard InChI is InChI=1S/C30H37N3O5/c1-8-20-25-19(16(3)17(4)28-30(25)38-14-37-28)11-22-26-24-18(10-21(32(26)5)23(12-31)33(20)22)9-15(2)27(35-7)29(24)36-13-34-6/h9,20-23,26H,8,10-11,13-14H2,1-7H3/t20-,21-,22?,23-,26-/m0/s1. The van der Waals surface area contributed by atoms with Crippen LogP contribution in [-0.4, -0.2) is 62.8 Å². The number of methoxy groups -OCH3 is 2. The highest BCUT2D eigenvalue weighted by Crippen LogP contribution is 2.57. The molecule has 1 fully saturated rings. The van der Waals surface area contributed by atoms with E-state index in [1.807, 2.05) is 0 Å². The van der Waals surface area contributed by atoms with Crippen molar-refractivity contribution in [3.8, 4) is 29.1 Å². The van der Waals surface area contributed by atoms with E-state index in [1.54, 1.807) is 14.2 Å². The maximum absolute atomic E-state index is 10.6. The van der Waals surface area contributed by atoms with Crippen LogP contribution in [0.4, 0.5) is 0 Å². The number of aryl methyl sites for hydroxylation is 1. The zero-order valence-corrected chi connectivity index (χ0v) is 23.4. The minimum Gasteiger partial charge on any atom is -0.493 e. The van der Waals surface area contributed by atoms with Crippen LogP contribution in [0.2, 0.25) is 0 Å². The van der Waals surface area contributed by atoms with E-state index in [9.17, 15) is 5.26 Å². The van der Waals surface area contributed by atoms with Gasteiger partial charge in [0, 0.05) is 36.4 Å². The van der Waals surface area contributed by atoms with Gasteiger partial charge in [0.25, 0.3) is 0 Å². The van der Waals surface area contributed by atoms with Gasteiger partial charge in [-0.25, -0.2) is 0 Å². The Hall–Kier alpha value is -2.99. The third kappa shape index (κ3) is 3.32. The minimum atomic E-state index is -0.252. The van der Waals surface area contributed by atoms with Crippen LogP contribution in [0.3, 0.4) is 0 Å². The van der Waals surface area contributed by atoms with Crippen molar-refractivity contribution in [1.82, 2.24) is 9.80 Å². The van der Waals surface area contributed by atoms with Gasteiger partial charge in [0.1, 0.15) is 6.04 Å². The second-order valence-electron chi connectivity index (χ2n) is 11.0. The molecule has 4 heterocycles. The molecule has 0 aliphatic carbocycles. The number of hydrogen-bond acceptors (Lipinski definition) is 8. The molecule has 0 amide bonds. The molecule has 0 saturated carbocycles. The number of fused-ring (bicyclic) bond motifs is 9. The van der Waals surface area contributed by atoms with Crippen molar-refractivity contribution in [1.29, 1.82) is 5.26 Å². The van der Waals surface area contributed by atoms with E-state index in [4.69, 9.17) is 23.7 Å². The lowest BCUT2D eigenvalue weighted by atomic mass is 9.71. The van der Waals surface area contributed by atoms with Gasteiger partial charge in [0.2, 0.25) is 6.79 Å². The third-order valence-corrected chi connectivity index (χ3v) is 9.35. The summed E-state index contributed by atoms with van der Waals surface area (Å²) in [7, 11) is 5.50. The fourth-order valence-electron chi connectivity index (χ4n) is 7.68. The summed E-state index contributed by atoms with van der Waals surface area (Å²) in [4.78, 5) is 4.91. The van der Waals surface area contributed by atoms with E-state index in [1.165, 1.54) is 22.3 Å². The molecular weight excluding hydrogens is 482 g/mol. The summed E-state index contributed by atoms with van der Waals surface area (Å²) in [6.07, 6.45) is 2.46. The van der Waals surface area contributed by atoms with Crippen LogP contribution in [0, 0.1) is 32.1 Å². The summed E-state index contributed by atoms with van der Waals surface area (Å²) in [5.74, 6) is 3.24. The molecule has 8 nitrogen and oxygen atoms in total. The van der Waals surface area contributed by atoms with Gasteiger partial charge in [-0.2, -0.15) is 5.26 Å². The van der Waals surface area contributed by atoms with Gasteiger partial charge in [0.05, 0.1) is 19.2 Å². The minimum absolute atomic E-state index is 0.0297. The van der Waals surface area contributed by atoms with Crippen molar-refractivity contribution in [2.75, 3.05) is 34.9 Å². The maximum Gasteiger partial charge on any atom is 0.231 e. The van der Waals surface area contributed by atoms with E-state index < -0.39 is 0 Å². The molecule has 2 bridgehead atoms. The van der Waals surface area contributed by atoms with Gasteiger partial charge in [0.15, 0.2) is 29.8 Å². The fourth-order valence-corrected chi connectivity index (χ4v) is 7.68. The number of benzene rings is 2. The predicted molar refractivity (Wildman–Crippen MR) is 142 cm³/mol. The van der Waals surface area contributed by atoms with Crippen LogP contribution < -0.4 is 18.9 Å². The molecule has 2 aromatic rings. The second kappa shape index (κ2) is 9.33. The molecule has 4 aliphatic rings. The average Bonchev–Trinajstić information content (AvgIpc) is 3.40. The summed E-state index contributed by atoms with van der Waals surface area (Å²) in [5, 5.41) is 10.6. The summed E-state index contributed by atoms with van der Waals surface area (Å²) < 4.78 is 29.5. The lowest BCUT2D eigenvalue weighted by Crippen LogP contribution is -2.68. The highest BCUT2D eigenvalue weighted by atomic mass is 16.7. The molecule has 4 aliphatic heterocycles. The largest absolute Gasteiger partial charge is 0.493 e. The van der Waals surface area contributed by atoms with Crippen LogP contribution >= 0.6 is 0 Å². The third-order valence-electron chi connectivity index (χ3n) is 9.35. The van der Waals surface area contributed by atoms with Gasteiger partial charge in [-0.15, -0.1) is 0 Å². The van der Waals surface area contributed by atoms with Crippen LogP contribution in [-0.2, 0) is 17.6 Å². The normalized spacial score (nSPS) is 27.3. The van der Waals surface area contributed by atoms with E-state index in [-0.39, 0.29) is 43.8 Å². The fraction of sp³-hybridized carbons (Fsp3) is 0.567. The lowest BCUT2D eigenvalue weighted by molar-refractivity contribution is -0.0743. The monoisotopic (exact) mass is 519 g/mol. The summed E-state index contributed by atoms with van der Waals surface area (Å²) in [5.41, 5.74) is 8.36. The Bertz CT molecular complexity index is 1330. The number of piperazine rings is 1. The Kier molecular flexibility index (Phi) is 6.21. The number of hydrogen-bond donors (Lipinski definition) is 0. The zero-order valence-electron chi connectivity index (χ0n) is 23.4. The van der Waals surface area contributed by atoms with Gasteiger partial charge in [-0.3, -0.25) is 9.80 Å². The Labute approximate surface area is 225 Å². The molecule has 0 radical (unpaired) electrons. The first-order valence-corrected chi connectivity index (χ1v) is 13.5. The molecule has 8 heteroatoms. The van der Waals surface area contributed by atoms with Crippen LogP contribution in [0.1, 0.15) is 64.4 Å². The van der Waals surface area contributed by atoms with Gasteiger partial charge < -0.3 is 23.7 Å². The Morgan fingerprint density at radius 2 is 1.79 bits per heavy atom. The van der Waals surface area contributed by atoms with E-state index in [0.29, 0.717) is 0 Å². The summed E-state index contributed by atoms with van der Waals surface area (Å²) in [6, 6.07) is 4.93. The van der Waals surface area contributed by atoms with Gasteiger partial charge in [-0.05, 0) is 74.9 Å². The quantitative estimate of drug-likeness (QED) is 0.534. The SMILES string of the molecule is CC[C@H]1c2c(c(C)c(C)c3c2OCO3)CC2[C@H]3c4c(cc(C)c(OC)c4OCOC)C[C@@H]([C@H](C#N)N21)N3C. The topological polar surface area (TPSA) is 76.4 Å². The Morgan fingerprint density at radius 3 is 2.47 bits per heavy atom. The number of nitrogens with zero attached hydrogens (tertiary/aromatic N) is 3. The average molecular weight is 520 g/mol. The van der Waals surface area contributed by atoms with Crippen LogP contribution in [0.5, 0.6) is 23.0 Å². The predicted octanol–water partition coefficient (Wildman–Crippen LogP) is 4.51. The highest BCUT2D eigenvalue weighted by molar-refractivity contribution is 5.64.